The summed E-state index contributed by atoms with van der Waals surface area (Å²) in [6.07, 6.45) is -1.35. The number of carbonyl (C=O) groups excluding carboxylic acids is 1. The van der Waals surface area contributed by atoms with Crippen LogP contribution in [0.3, 0.4) is 0 Å². The second-order valence-electron chi connectivity index (χ2n) is 5.65. The molecule has 0 saturated carbocycles. The van der Waals surface area contributed by atoms with E-state index in [1.54, 1.807) is 30.3 Å². The molecule has 1 atom stereocenters. The molecule has 8 nitrogen and oxygen atoms in total. The lowest BCUT2D eigenvalue weighted by atomic mass is 10.2. The lowest BCUT2D eigenvalue weighted by Gasteiger charge is -2.33. The second-order valence-corrected chi connectivity index (χ2v) is 12.0. The molecule has 0 bridgehead atoms. The molecule has 1 aromatic rings. The van der Waals surface area contributed by atoms with Crippen molar-refractivity contribution in [2.75, 3.05) is 13.2 Å². The van der Waals surface area contributed by atoms with Gasteiger partial charge in [0.05, 0.1) is 13.2 Å². The van der Waals surface area contributed by atoms with Gasteiger partial charge in [-0.25, -0.2) is 4.18 Å². The van der Waals surface area contributed by atoms with Crippen LogP contribution in [0.5, 0.6) is 0 Å². The van der Waals surface area contributed by atoms with Crippen LogP contribution in [-0.2, 0) is 44.1 Å². The number of ether oxygens (including phenoxy) is 1. The molecule has 30 heavy (non-hydrogen) atoms. The fourth-order valence-corrected chi connectivity index (χ4v) is 6.59. The molecule has 0 saturated heterocycles. The van der Waals surface area contributed by atoms with Crippen molar-refractivity contribution in [1.82, 2.24) is 0 Å². The molecule has 14 heteroatoms. The molecule has 0 aromatic heterocycles. The van der Waals surface area contributed by atoms with Crippen molar-refractivity contribution in [2.45, 2.75) is 42.2 Å². The van der Waals surface area contributed by atoms with Crippen LogP contribution in [0.25, 0.3) is 0 Å². The molecule has 0 aliphatic carbocycles. The van der Waals surface area contributed by atoms with E-state index in [1.165, 1.54) is 13.8 Å². The Kier molecular flexibility index (Phi) is 10.2. The van der Waals surface area contributed by atoms with Gasteiger partial charge in [0.1, 0.15) is 6.61 Å². The average Bonchev–Trinajstić information content (AvgIpc) is 2.64. The van der Waals surface area contributed by atoms with Crippen LogP contribution in [0.4, 0.5) is 13.2 Å². The number of halogens is 4. The molecular weight excluding hydrogens is 567 g/mol. The first-order chi connectivity index (χ1) is 13.8. The second kappa shape index (κ2) is 11.2. The standard InChI is InChI=1S/C16H21F3IO8PS/c1-3-26-29(22,27-4-2)15(20,28-30(23,24)16(17,18)19)11-10-14(21)25-12-13-8-6-5-7-9-13/h5-9H,3-4,10-12H2,1-2H3. The lowest BCUT2D eigenvalue weighted by Crippen LogP contribution is -2.37. The van der Waals surface area contributed by atoms with Crippen LogP contribution in [-0.4, -0.2) is 36.5 Å². The summed E-state index contributed by atoms with van der Waals surface area (Å²) < 4.78 is 91.4. The molecule has 1 aromatic carbocycles. The van der Waals surface area contributed by atoms with Crippen molar-refractivity contribution in [1.29, 1.82) is 0 Å². The summed E-state index contributed by atoms with van der Waals surface area (Å²) in [7, 11) is -10.7. The molecule has 0 fully saturated rings. The summed E-state index contributed by atoms with van der Waals surface area (Å²) in [5, 5.41) is 0. The highest BCUT2D eigenvalue weighted by atomic mass is 127. The molecule has 0 aliphatic rings. The van der Waals surface area contributed by atoms with E-state index in [1.807, 2.05) is 0 Å². The quantitative estimate of drug-likeness (QED) is 0.0863. The topological polar surface area (TPSA) is 105 Å². The highest BCUT2D eigenvalue weighted by Crippen LogP contribution is 2.66. The first kappa shape index (κ1) is 27.3. The highest BCUT2D eigenvalue weighted by Gasteiger charge is 2.59. The minimum atomic E-state index is -6.17. The van der Waals surface area contributed by atoms with E-state index < -0.39 is 45.4 Å². The molecular formula is C16H21F3IO8PS. The minimum Gasteiger partial charge on any atom is -0.461 e. The third kappa shape index (κ3) is 7.45. The maximum atomic E-state index is 13.1. The Balaban J connectivity index is 3.05. The fraction of sp³-hybridized carbons (Fsp3) is 0.562. The van der Waals surface area contributed by atoms with Crippen LogP contribution >= 0.6 is 30.2 Å². The van der Waals surface area contributed by atoms with Crippen molar-refractivity contribution in [3.05, 3.63) is 35.9 Å². The fourth-order valence-electron chi connectivity index (χ4n) is 2.08. The zero-order valence-electron chi connectivity index (χ0n) is 16.1. The van der Waals surface area contributed by atoms with Crippen LogP contribution in [0.2, 0.25) is 0 Å². The summed E-state index contributed by atoms with van der Waals surface area (Å²) in [5.74, 6) is -0.868. The van der Waals surface area contributed by atoms with Crippen LogP contribution in [0.1, 0.15) is 32.3 Å². The number of rotatable bonds is 12. The van der Waals surface area contributed by atoms with Gasteiger partial charge in [-0.2, -0.15) is 21.6 Å². The zero-order valence-corrected chi connectivity index (χ0v) is 19.9. The van der Waals surface area contributed by atoms with E-state index in [0.29, 0.717) is 5.56 Å². The van der Waals surface area contributed by atoms with E-state index >= 15 is 0 Å². The molecule has 172 valence electrons. The van der Waals surface area contributed by atoms with Crippen molar-refractivity contribution in [2.24, 2.45) is 0 Å². The van der Waals surface area contributed by atoms with E-state index in [4.69, 9.17) is 13.8 Å². The zero-order chi connectivity index (χ0) is 23.1. The molecule has 0 N–H and O–H groups in total. The van der Waals surface area contributed by atoms with Crippen molar-refractivity contribution in [3.8, 4) is 0 Å². The van der Waals surface area contributed by atoms with E-state index in [9.17, 15) is 30.9 Å². The Hall–Kier alpha value is -0.730. The number of hydrogen-bond acceptors (Lipinski definition) is 8. The SMILES string of the molecule is CCOP(=O)(OCC)C(I)(CCC(=O)OCc1ccccc1)OS(=O)(=O)C(F)(F)F. The minimum absolute atomic E-state index is 0.107. The summed E-state index contributed by atoms with van der Waals surface area (Å²) in [6, 6.07) is 8.57. The summed E-state index contributed by atoms with van der Waals surface area (Å²) >= 11 is 1.12. The summed E-state index contributed by atoms with van der Waals surface area (Å²) in [5.41, 5.74) is -5.11. The van der Waals surface area contributed by atoms with Gasteiger partial charge in [-0.3, -0.25) is 9.36 Å². The van der Waals surface area contributed by atoms with Gasteiger partial charge in [0, 0.05) is 12.8 Å². The van der Waals surface area contributed by atoms with Gasteiger partial charge in [0.15, 0.2) is 0 Å². The van der Waals surface area contributed by atoms with Crippen LogP contribution in [0, 0.1) is 0 Å². The van der Waals surface area contributed by atoms with Crippen LogP contribution < -0.4 is 0 Å². The normalized spacial score (nSPS) is 14.9. The summed E-state index contributed by atoms with van der Waals surface area (Å²) in [6.45, 7) is 2.13. The number of alkyl halides is 4. The Morgan fingerprint density at radius 3 is 2.10 bits per heavy atom. The Labute approximate surface area is 186 Å². The summed E-state index contributed by atoms with van der Waals surface area (Å²) in [4.78, 5) is 12.0. The first-order valence-corrected chi connectivity index (χ1v) is 12.6. The maximum Gasteiger partial charge on any atom is 0.523 e. The first-order valence-electron chi connectivity index (χ1n) is 8.60. The lowest BCUT2D eigenvalue weighted by molar-refractivity contribution is -0.145. The van der Waals surface area contributed by atoms with Gasteiger partial charge < -0.3 is 13.8 Å². The van der Waals surface area contributed by atoms with Gasteiger partial charge in [0.2, 0.25) is 3.35 Å². The number of esters is 1. The number of hydrogen-bond donors (Lipinski definition) is 0. The van der Waals surface area contributed by atoms with Gasteiger partial charge in [-0.1, -0.05) is 30.3 Å². The largest absolute Gasteiger partial charge is 0.523 e. The van der Waals surface area contributed by atoms with E-state index in [-0.39, 0.29) is 19.8 Å². The van der Waals surface area contributed by atoms with Gasteiger partial charge >= 0.3 is 29.2 Å². The van der Waals surface area contributed by atoms with Crippen molar-refractivity contribution in [3.63, 3.8) is 0 Å². The van der Waals surface area contributed by atoms with E-state index in [0.717, 1.165) is 22.6 Å². The van der Waals surface area contributed by atoms with Gasteiger partial charge in [0.25, 0.3) is 0 Å². The molecule has 0 amide bonds. The van der Waals surface area contributed by atoms with Crippen molar-refractivity contribution >= 4 is 46.3 Å². The molecule has 0 spiro atoms. The predicted molar refractivity (Wildman–Crippen MR) is 109 cm³/mol. The van der Waals surface area contributed by atoms with Crippen LogP contribution in [0.15, 0.2) is 30.3 Å². The molecule has 1 unspecified atom stereocenters. The van der Waals surface area contributed by atoms with Gasteiger partial charge in [-0.15, -0.1) is 0 Å². The molecule has 0 aliphatic heterocycles. The van der Waals surface area contributed by atoms with Gasteiger partial charge in [-0.05, 0) is 42.0 Å². The maximum absolute atomic E-state index is 13.1. The predicted octanol–water partition coefficient (Wildman–Crippen LogP) is 4.73. The third-order valence-electron chi connectivity index (χ3n) is 3.41. The average molecular weight is 588 g/mol. The van der Waals surface area contributed by atoms with E-state index in [2.05, 4.69) is 4.18 Å². The smallest absolute Gasteiger partial charge is 0.461 e. The Morgan fingerprint density at radius 2 is 1.63 bits per heavy atom. The number of carbonyl (C=O) groups is 1. The Morgan fingerprint density at radius 1 is 1.10 bits per heavy atom. The molecule has 0 heterocycles. The Bertz CT molecular complexity index is 840. The molecule has 0 radical (unpaired) electrons. The third-order valence-corrected chi connectivity index (χ3v) is 9.76. The highest BCUT2D eigenvalue weighted by molar-refractivity contribution is 14.1. The number of benzene rings is 1. The molecule has 1 rings (SSSR count). The van der Waals surface area contributed by atoms with Crippen molar-refractivity contribution < 1.29 is 48.9 Å². The monoisotopic (exact) mass is 588 g/mol.